The normalized spacial score (nSPS) is 11.9. The van der Waals surface area contributed by atoms with E-state index in [9.17, 15) is 23.1 Å². The Labute approximate surface area is 163 Å². The van der Waals surface area contributed by atoms with Crippen LogP contribution in [0.4, 0.5) is 0 Å². The molecule has 0 aliphatic rings. The average molecular weight is 417 g/mol. The first kappa shape index (κ1) is 18.3. The molecule has 0 saturated heterocycles. The number of nitrogens with one attached hydrogen (secondary N) is 2. The summed E-state index contributed by atoms with van der Waals surface area (Å²) in [6, 6.07) is 9.47. The van der Waals surface area contributed by atoms with Gasteiger partial charge in [-0.05, 0) is 29.8 Å². The van der Waals surface area contributed by atoms with E-state index in [1.165, 1.54) is 24.4 Å². The maximum atomic E-state index is 12.3. The van der Waals surface area contributed by atoms with Gasteiger partial charge in [-0.3, -0.25) is 4.79 Å². The number of rotatable bonds is 3. The van der Waals surface area contributed by atoms with Gasteiger partial charge in [0.15, 0.2) is 9.84 Å². The Morgan fingerprint density at radius 1 is 1.18 bits per heavy atom. The van der Waals surface area contributed by atoms with Gasteiger partial charge in [-0.2, -0.15) is 0 Å². The molecule has 0 bridgehead atoms. The molecule has 9 heteroatoms. The topological polar surface area (TPSA) is 120 Å². The zero-order valence-electron chi connectivity index (χ0n) is 14.4. The van der Waals surface area contributed by atoms with Gasteiger partial charge < -0.3 is 15.1 Å². The molecule has 4 aromatic rings. The number of hydrogen-bond donors (Lipinski definition) is 3. The number of fused-ring (bicyclic) bond motifs is 3. The molecule has 0 amide bonds. The first-order chi connectivity index (χ1) is 13.2. The van der Waals surface area contributed by atoms with E-state index >= 15 is 0 Å². The summed E-state index contributed by atoms with van der Waals surface area (Å²) in [7, 11) is -3.41. The number of pyridine rings is 1. The molecule has 0 unspecified atom stereocenters. The number of hydrogen-bond acceptors (Lipinski definition) is 4. The van der Waals surface area contributed by atoms with Gasteiger partial charge in [0.2, 0.25) is 0 Å². The van der Waals surface area contributed by atoms with E-state index in [2.05, 4.69) is 9.97 Å². The number of aromatic carboxylic acids is 1. The van der Waals surface area contributed by atoms with E-state index in [4.69, 9.17) is 11.6 Å². The fraction of sp³-hybridized carbons (Fsp3) is 0.0526. The standard InChI is InChI=1S/C19H13ClN2O5S/c1-28(26,27)10-4-2-3-9(5-10)11-6-12-15(7-14(11)20)22-18(23)17-16(12)13(8-21-17)19(24)25/h2-8,21H,1H3,(H,22,23)(H,24,25). The highest BCUT2D eigenvalue weighted by Gasteiger charge is 2.18. The van der Waals surface area contributed by atoms with Gasteiger partial charge in [0.1, 0.15) is 5.52 Å². The predicted octanol–water partition coefficient (Wildman–Crippen LogP) is 3.43. The quantitative estimate of drug-likeness (QED) is 0.472. The number of carboxylic acid groups (broad SMARTS) is 1. The molecule has 4 rings (SSSR count). The molecule has 0 saturated carbocycles. The van der Waals surface area contributed by atoms with Crippen LogP contribution in [-0.2, 0) is 9.84 Å². The van der Waals surface area contributed by atoms with E-state index < -0.39 is 21.4 Å². The van der Waals surface area contributed by atoms with Crippen molar-refractivity contribution in [3.8, 4) is 11.1 Å². The molecule has 0 aliphatic heterocycles. The molecule has 0 atom stereocenters. The monoisotopic (exact) mass is 416 g/mol. The van der Waals surface area contributed by atoms with Gasteiger partial charge in [-0.15, -0.1) is 0 Å². The smallest absolute Gasteiger partial charge is 0.337 e. The summed E-state index contributed by atoms with van der Waals surface area (Å²) in [5.74, 6) is -1.17. The molecule has 0 radical (unpaired) electrons. The van der Waals surface area contributed by atoms with Crippen LogP contribution in [-0.4, -0.2) is 35.7 Å². The Morgan fingerprint density at radius 2 is 1.93 bits per heavy atom. The van der Waals surface area contributed by atoms with Crippen LogP contribution in [0, 0.1) is 0 Å². The zero-order chi connectivity index (χ0) is 20.2. The van der Waals surface area contributed by atoms with Crippen LogP contribution in [0.1, 0.15) is 10.4 Å². The Kier molecular flexibility index (Phi) is 4.06. The summed E-state index contributed by atoms with van der Waals surface area (Å²) < 4.78 is 23.7. The number of aromatic amines is 2. The largest absolute Gasteiger partial charge is 0.478 e. The summed E-state index contributed by atoms with van der Waals surface area (Å²) in [6.07, 6.45) is 2.38. The van der Waals surface area contributed by atoms with Crippen molar-refractivity contribution in [1.82, 2.24) is 9.97 Å². The number of carbonyl (C=O) groups is 1. The second-order valence-corrected chi connectivity index (χ2v) is 8.81. The third kappa shape index (κ3) is 2.87. The molecule has 7 nitrogen and oxygen atoms in total. The number of sulfone groups is 1. The Bertz CT molecular complexity index is 1450. The van der Waals surface area contributed by atoms with Crippen LogP contribution < -0.4 is 5.56 Å². The van der Waals surface area contributed by atoms with Gasteiger partial charge in [-0.25, -0.2) is 13.2 Å². The molecule has 0 aliphatic carbocycles. The van der Waals surface area contributed by atoms with Gasteiger partial charge in [0.05, 0.1) is 21.0 Å². The predicted molar refractivity (Wildman–Crippen MR) is 107 cm³/mol. The van der Waals surface area contributed by atoms with E-state index in [0.29, 0.717) is 27.1 Å². The highest BCUT2D eigenvalue weighted by atomic mass is 35.5. The van der Waals surface area contributed by atoms with Gasteiger partial charge >= 0.3 is 5.97 Å². The lowest BCUT2D eigenvalue weighted by atomic mass is 10.0. The number of aromatic nitrogens is 2. The summed E-state index contributed by atoms with van der Waals surface area (Å²) in [5, 5.41) is 10.5. The first-order valence-electron chi connectivity index (χ1n) is 8.07. The van der Waals surface area contributed by atoms with Crippen LogP contribution >= 0.6 is 11.6 Å². The second-order valence-electron chi connectivity index (χ2n) is 6.39. The van der Waals surface area contributed by atoms with Crippen LogP contribution in [0.15, 0.2) is 52.3 Å². The van der Waals surface area contributed by atoms with Crippen molar-refractivity contribution in [2.45, 2.75) is 4.90 Å². The maximum absolute atomic E-state index is 12.3. The van der Waals surface area contributed by atoms with Crippen molar-refractivity contribution >= 4 is 49.2 Å². The number of H-pyrrole nitrogens is 2. The lowest BCUT2D eigenvalue weighted by molar-refractivity contribution is 0.0699. The van der Waals surface area contributed by atoms with Crippen molar-refractivity contribution in [1.29, 1.82) is 0 Å². The number of carboxylic acids is 1. The number of halogens is 1. The molecule has 142 valence electrons. The Morgan fingerprint density at radius 3 is 2.61 bits per heavy atom. The van der Waals surface area contributed by atoms with Crippen LogP contribution in [0.25, 0.3) is 32.9 Å². The number of benzene rings is 2. The SMILES string of the molecule is CS(=O)(=O)c1cccc(-c2cc3c(cc2Cl)[nH]c(=O)c2[nH]cc(C(=O)O)c23)c1. The van der Waals surface area contributed by atoms with Crippen molar-refractivity contribution in [2.24, 2.45) is 0 Å². The van der Waals surface area contributed by atoms with E-state index in [1.54, 1.807) is 18.2 Å². The third-order valence-corrected chi connectivity index (χ3v) is 5.96. The molecule has 28 heavy (non-hydrogen) atoms. The van der Waals surface area contributed by atoms with Crippen LogP contribution in [0.2, 0.25) is 5.02 Å². The van der Waals surface area contributed by atoms with Crippen LogP contribution in [0.5, 0.6) is 0 Å². The fourth-order valence-corrected chi connectivity index (χ4v) is 4.17. The summed E-state index contributed by atoms with van der Waals surface area (Å²) in [5.41, 5.74) is 1.10. The molecule has 2 heterocycles. The van der Waals surface area contributed by atoms with E-state index in [-0.39, 0.29) is 21.4 Å². The second kappa shape index (κ2) is 6.22. The highest BCUT2D eigenvalue weighted by molar-refractivity contribution is 7.90. The molecule has 3 N–H and O–H groups in total. The Hall–Kier alpha value is -3.10. The first-order valence-corrected chi connectivity index (χ1v) is 10.3. The van der Waals surface area contributed by atoms with Gasteiger partial charge in [0, 0.05) is 28.8 Å². The highest BCUT2D eigenvalue weighted by Crippen LogP contribution is 2.35. The average Bonchev–Trinajstić information content (AvgIpc) is 3.07. The van der Waals surface area contributed by atoms with E-state index in [1.807, 2.05) is 0 Å². The summed E-state index contributed by atoms with van der Waals surface area (Å²) >= 11 is 6.39. The minimum atomic E-state index is -3.41. The van der Waals surface area contributed by atoms with E-state index in [0.717, 1.165) is 6.26 Å². The van der Waals surface area contributed by atoms with Crippen molar-refractivity contribution in [3.05, 3.63) is 63.5 Å². The molecular weight excluding hydrogens is 404 g/mol. The maximum Gasteiger partial charge on any atom is 0.337 e. The molecule has 2 aromatic heterocycles. The van der Waals surface area contributed by atoms with Crippen molar-refractivity contribution < 1.29 is 18.3 Å². The lowest BCUT2D eigenvalue weighted by Gasteiger charge is -2.10. The minimum Gasteiger partial charge on any atom is -0.478 e. The van der Waals surface area contributed by atoms with Gasteiger partial charge in [0.25, 0.3) is 5.56 Å². The minimum absolute atomic E-state index is 0.0377. The zero-order valence-corrected chi connectivity index (χ0v) is 16.0. The van der Waals surface area contributed by atoms with Crippen molar-refractivity contribution in [2.75, 3.05) is 6.26 Å². The van der Waals surface area contributed by atoms with Crippen LogP contribution in [0.3, 0.4) is 0 Å². The third-order valence-electron chi connectivity index (χ3n) is 4.54. The summed E-state index contributed by atoms with van der Waals surface area (Å²) in [6.45, 7) is 0. The molecule has 0 fully saturated rings. The van der Waals surface area contributed by atoms with Crippen molar-refractivity contribution in [3.63, 3.8) is 0 Å². The molecular formula is C19H13ClN2O5S. The molecule has 0 spiro atoms. The fourth-order valence-electron chi connectivity index (χ4n) is 3.23. The Balaban J connectivity index is 2.10. The summed E-state index contributed by atoms with van der Waals surface area (Å²) in [4.78, 5) is 29.4. The van der Waals surface area contributed by atoms with Gasteiger partial charge in [-0.1, -0.05) is 23.7 Å². The lowest BCUT2D eigenvalue weighted by Crippen LogP contribution is -2.07. The molecule has 2 aromatic carbocycles.